The number of rotatable bonds is 6. The number of aryl methyl sites for hydroxylation is 2. The van der Waals surface area contributed by atoms with Gasteiger partial charge in [-0.1, -0.05) is 24.3 Å². The van der Waals surface area contributed by atoms with E-state index in [-0.39, 0.29) is 25.8 Å². The Morgan fingerprint density at radius 3 is 2.57 bits per heavy atom. The summed E-state index contributed by atoms with van der Waals surface area (Å²) in [5.41, 5.74) is 3.46. The van der Waals surface area contributed by atoms with Crippen LogP contribution in [0.2, 0.25) is 0 Å². The van der Waals surface area contributed by atoms with Gasteiger partial charge < -0.3 is 20.4 Å². The Morgan fingerprint density at radius 2 is 1.83 bits per heavy atom. The van der Waals surface area contributed by atoms with E-state index in [4.69, 9.17) is 10.2 Å². The molecule has 3 N–H and O–H groups in total. The molecule has 2 amide bonds. The highest BCUT2D eigenvalue weighted by Crippen LogP contribution is 2.35. The normalized spacial score (nSPS) is 12.6. The first-order valence-corrected chi connectivity index (χ1v) is 8.05. The molecule has 1 aliphatic rings. The van der Waals surface area contributed by atoms with Crippen molar-refractivity contribution in [1.82, 2.24) is 4.90 Å². The van der Waals surface area contributed by atoms with Crippen molar-refractivity contribution in [3.8, 4) is 0 Å². The lowest BCUT2D eigenvalue weighted by Crippen LogP contribution is -2.38. The maximum absolute atomic E-state index is 12.5. The van der Waals surface area contributed by atoms with Crippen molar-refractivity contribution in [2.45, 2.75) is 19.3 Å². The number of urea groups is 1. The van der Waals surface area contributed by atoms with E-state index in [0.29, 0.717) is 13.0 Å². The number of aliphatic hydroxyl groups excluding tert-OH is 2. The fourth-order valence-corrected chi connectivity index (χ4v) is 3.25. The predicted molar refractivity (Wildman–Crippen MR) is 90.7 cm³/mol. The summed E-state index contributed by atoms with van der Waals surface area (Å²) in [7, 11) is 0. The molecule has 0 spiro atoms. The second-order valence-corrected chi connectivity index (χ2v) is 5.83. The summed E-state index contributed by atoms with van der Waals surface area (Å²) in [5, 5.41) is 23.3. The zero-order valence-electron chi connectivity index (χ0n) is 13.1. The molecule has 0 atom stereocenters. The first-order valence-electron chi connectivity index (χ1n) is 8.05. The molecule has 2 aromatic carbocycles. The summed E-state index contributed by atoms with van der Waals surface area (Å²) in [4.78, 5) is 14.0. The van der Waals surface area contributed by atoms with Gasteiger partial charge in [-0.25, -0.2) is 4.79 Å². The largest absolute Gasteiger partial charge is 0.396 e. The summed E-state index contributed by atoms with van der Waals surface area (Å²) < 4.78 is 0. The Kier molecular flexibility index (Phi) is 4.79. The van der Waals surface area contributed by atoms with E-state index in [9.17, 15) is 4.79 Å². The van der Waals surface area contributed by atoms with Crippen LogP contribution in [-0.2, 0) is 12.8 Å². The van der Waals surface area contributed by atoms with Crippen molar-refractivity contribution in [2.24, 2.45) is 0 Å². The highest BCUT2D eigenvalue weighted by Gasteiger charge is 2.18. The summed E-state index contributed by atoms with van der Waals surface area (Å²) in [6.45, 7) is 0.607. The van der Waals surface area contributed by atoms with Crippen LogP contribution in [0.4, 0.5) is 10.5 Å². The van der Waals surface area contributed by atoms with Gasteiger partial charge in [-0.15, -0.1) is 0 Å². The van der Waals surface area contributed by atoms with Crippen molar-refractivity contribution in [3.05, 3.63) is 41.5 Å². The molecule has 3 rings (SSSR count). The molecule has 0 unspecified atom stereocenters. The van der Waals surface area contributed by atoms with Crippen LogP contribution >= 0.6 is 0 Å². The molecular weight excluding hydrogens is 292 g/mol. The van der Waals surface area contributed by atoms with Gasteiger partial charge in [0.25, 0.3) is 0 Å². The molecule has 0 aromatic heterocycles. The highest BCUT2D eigenvalue weighted by molar-refractivity contribution is 6.04. The molecular formula is C18H22N2O3. The number of carbonyl (C=O) groups is 1. The molecule has 23 heavy (non-hydrogen) atoms. The lowest BCUT2D eigenvalue weighted by Gasteiger charge is -2.22. The molecule has 2 aromatic rings. The van der Waals surface area contributed by atoms with Crippen LogP contribution in [0.25, 0.3) is 10.8 Å². The Balaban J connectivity index is 1.85. The second kappa shape index (κ2) is 6.98. The van der Waals surface area contributed by atoms with Crippen molar-refractivity contribution < 1.29 is 15.0 Å². The van der Waals surface area contributed by atoms with Gasteiger partial charge >= 0.3 is 6.03 Å². The lowest BCUT2D eigenvalue weighted by molar-refractivity contribution is 0.180. The van der Waals surface area contributed by atoms with E-state index in [1.165, 1.54) is 21.4 Å². The van der Waals surface area contributed by atoms with E-state index >= 15 is 0 Å². The molecule has 0 aliphatic heterocycles. The molecule has 5 heteroatoms. The number of benzene rings is 2. The number of amides is 2. The van der Waals surface area contributed by atoms with Crippen LogP contribution in [0.5, 0.6) is 0 Å². The first-order chi connectivity index (χ1) is 11.2. The smallest absolute Gasteiger partial charge is 0.321 e. The number of hydrogen-bond acceptors (Lipinski definition) is 3. The third-order valence-electron chi connectivity index (χ3n) is 4.36. The topological polar surface area (TPSA) is 72.8 Å². The van der Waals surface area contributed by atoms with Gasteiger partial charge in [0, 0.05) is 25.1 Å². The van der Waals surface area contributed by atoms with Crippen LogP contribution in [-0.4, -0.2) is 47.4 Å². The van der Waals surface area contributed by atoms with Crippen molar-refractivity contribution >= 4 is 22.5 Å². The van der Waals surface area contributed by atoms with E-state index in [1.54, 1.807) is 0 Å². The second-order valence-electron chi connectivity index (χ2n) is 5.83. The number of nitrogens with one attached hydrogen (secondary N) is 1. The van der Waals surface area contributed by atoms with Gasteiger partial charge in [-0.3, -0.25) is 0 Å². The predicted octanol–water partition coefficient (Wildman–Crippen LogP) is 2.15. The molecule has 0 saturated carbocycles. The van der Waals surface area contributed by atoms with Crippen LogP contribution in [0.3, 0.4) is 0 Å². The SMILES string of the molecule is O=C(Nc1ccc2c3c(cccc13)CC2)N(CCO)CCCO. The van der Waals surface area contributed by atoms with Gasteiger partial charge in [0.1, 0.15) is 0 Å². The number of nitrogens with zero attached hydrogens (tertiary/aromatic N) is 1. The third-order valence-corrected chi connectivity index (χ3v) is 4.36. The van der Waals surface area contributed by atoms with Gasteiger partial charge in [-0.05, 0) is 41.8 Å². The summed E-state index contributed by atoms with van der Waals surface area (Å²) in [6.07, 6.45) is 2.60. The quantitative estimate of drug-likeness (QED) is 0.765. The maximum atomic E-state index is 12.5. The minimum Gasteiger partial charge on any atom is -0.396 e. The maximum Gasteiger partial charge on any atom is 0.321 e. The standard InChI is InChI=1S/C18H22N2O3/c21-11-2-9-20(10-12-22)18(23)19-16-8-7-14-6-5-13-3-1-4-15(16)17(13)14/h1,3-4,7-8,21-22H,2,5-6,9-12H2,(H,19,23). The fraction of sp³-hybridized carbons (Fsp3) is 0.389. The average molecular weight is 314 g/mol. The number of aliphatic hydroxyl groups is 2. The Bertz CT molecular complexity index is 704. The van der Waals surface area contributed by atoms with E-state index in [2.05, 4.69) is 17.4 Å². The van der Waals surface area contributed by atoms with E-state index in [0.717, 1.165) is 23.9 Å². The summed E-state index contributed by atoms with van der Waals surface area (Å²) in [6, 6.07) is 10.00. The van der Waals surface area contributed by atoms with Crippen molar-refractivity contribution in [1.29, 1.82) is 0 Å². The first kappa shape index (κ1) is 15.8. The minimum absolute atomic E-state index is 0.0240. The molecule has 0 fully saturated rings. The lowest BCUT2D eigenvalue weighted by atomic mass is 10.0. The van der Waals surface area contributed by atoms with E-state index < -0.39 is 0 Å². The summed E-state index contributed by atoms with van der Waals surface area (Å²) >= 11 is 0. The van der Waals surface area contributed by atoms with E-state index in [1.807, 2.05) is 18.2 Å². The molecule has 0 heterocycles. The molecule has 0 radical (unpaired) electrons. The summed E-state index contributed by atoms with van der Waals surface area (Å²) in [5.74, 6) is 0. The Hall–Kier alpha value is -2.11. The Labute approximate surface area is 135 Å². The zero-order valence-corrected chi connectivity index (χ0v) is 13.1. The molecule has 1 aliphatic carbocycles. The van der Waals surface area contributed by atoms with Crippen LogP contribution in [0, 0.1) is 0 Å². The number of anilines is 1. The average Bonchev–Trinajstić information content (AvgIpc) is 2.99. The highest BCUT2D eigenvalue weighted by atomic mass is 16.3. The fourth-order valence-electron chi connectivity index (χ4n) is 3.25. The zero-order chi connectivity index (χ0) is 16.2. The van der Waals surface area contributed by atoms with Gasteiger partial charge in [-0.2, -0.15) is 0 Å². The molecule has 0 bridgehead atoms. The van der Waals surface area contributed by atoms with Crippen LogP contribution in [0.15, 0.2) is 30.3 Å². The molecule has 122 valence electrons. The number of carbonyl (C=O) groups excluding carboxylic acids is 1. The van der Waals surface area contributed by atoms with Crippen molar-refractivity contribution in [2.75, 3.05) is 31.6 Å². The molecule has 0 saturated heterocycles. The van der Waals surface area contributed by atoms with Crippen molar-refractivity contribution in [3.63, 3.8) is 0 Å². The van der Waals surface area contributed by atoms with Gasteiger partial charge in [0.2, 0.25) is 0 Å². The monoisotopic (exact) mass is 314 g/mol. The van der Waals surface area contributed by atoms with Crippen LogP contribution < -0.4 is 5.32 Å². The molecule has 5 nitrogen and oxygen atoms in total. The van der Waals surface area contributed by atoms with Crippen LogP contribution in [0.1, 0.15) is 17.5 Å². The van der Waals surface area contributed by atoms with Gasteiger partial charge in [0.05, 0.1) is 12.3 Å². The number of hydrogen-bond donors (Lipinski definition) is 3. The third kappa shape index (κ3) is 3.16. The Morgan fingerprint density at radius 1 is 1.04 bits per heavy atom. The minimum atomic E-state index is -0.244. The van der Waals surface area contributed by atoms with Gasteiger partial charge in [0.15, 0.2) is 0 Å².